The highest BCUT2D eigenvalue weighted by atomic mass is 32.2. The SMILES string of the molecule is COc1ccc(NS(=O)(=O)c2cccc(C(=O)NCCc3cccs3)c2)cc1. The summed E-state index contributed by atoms with van der Waals surface area (Å²) in [4.78, 5) is 13.5. The first-order valence-corrected chi connectivity index (χ1v) is 10.9. The first-order valence-electron chi connectivity index (χ1n) is 8.55. The largest absolute Gasteiger partial charge is 0.497 e. The van der Waals surface area contributed by atoms with Gasteiger partial charge in [0.1, 0.15) is 5.75 Å². The molecule has 2 aromatic carbocycles. The molecule has 0 unspecified atom stereocenters. The molecule has 0 radical (unpaired) electrons. The number of thiophene rings is 1. The molecule has 0 fully saturated rings. The van der Waals surface area contributed by atoms with Crippen LogP contribution < -0.4 is 14.8 Å². The molecule has 1 amide bonds. The van der Waals surface area contributed by atoms with Gasteiger partial charge >= 0.3 is 0 Å². The van der Waals surface area contributed by atoms with Gasteiger partial charge in [0.05, 0.1) is 12.0 Å². The lowest BCUT2D eigenvalue weighted by Gasteiger charge is -2.10. The fourth-order valence-electron chi connectivity index (χ4n) is 2.53. The van der Waals surface area contributed by atoms with Crippen LogP contribution in [0.5, 0.6) is 5.75 Å². The number of carbonyl (C=O) groups excluding carboxylic acids is 1. The second-order valence-electron chi connectivity index (χ2n) is 5.95. The van der Waals surface area contributed by atoms with Crippen molar-refractivity contribution in [1.82, 2.24) is 5.32 Å². The van der Waals surface area contributed by atoms with E-state index in [2.05, 4.69) is 10.0 Å². The molecule has 0 aliphatic heterocycles. The van der Waals surface area contributed by atoms with E-state index in [0.717, 1.165) is 6.42 Å². The molecule has 0 saturated carbocycles. The third-order valence-corrected chi connectivity index (χ3v) is 6.30. The summed E-state index contributed by atoms with van der Waals surface area (Å²) in [7, 11) is -2.28. The average molecular weight is 417 g/mol. The molecule has 0 bridgehead atoms. The van der Waals surface area contributed by atoms with Crippen molar-refractivity contribution in [3.05, 3.63) is 76.5 Å². The molecule has 0 atom stereocenters. The zero-order chi connectivity index (χ0) is 20.0. The van der Waals surface area contributed by atoms with Gasteiger partial charge in [0.15, 0.2) is 0 Å². The average Bonchev–Trinajstić information content (AvgIpc) is 3.22. The molecule has 3 rings (SSSR count). The van der Waals surface area contributed by atoms with Crippen LogP contribution in [0.15, 0.2) is 70.9 Å². The number of methoxy groups -OCH3 is 1. The molecule has 28 heavy (non-hydrogen) atoms. The Labute approximate surface area is 168 Å². The lowest BCUT2D eigenvalue weighted by Crippen LogP contribution is -2.25. The Hall–Kier alpha value is -2.84. The lowest BCUT2D eigenvalue weighted by atomic mass is 10.2. The van der Waals surface area contributed by atoms with Crippen molar-refractivity contribution in [2.45, 2.75) is 11.3 Å². The van der Waals surface area contributed by atoms with Crippen LogP contribution >= 0.6 is 11.3 Å². The maximum absolute atomic E-state index is 12.6. The zero-order valence-electron chi connectivity index (χ0n) is 15.2. The van der Waals surface area contributed by atoms with Crippen LogP contribution in [-0.2, 0) is 16.4 Å². The lowest BCUT2D eigenvalue weighted by molar-refractivity contribution is 0.0954. The van der Waals surface area contributed by atoms with Gasteiger partial charge in [-0.15, -0.1) is 11.3 Å². The van der Waals surface area contributed by atoms with Crippen LogP contribution in [-0.4, -0.2) is 28.0 Å². The van der Waals surface area contributed by atoms with Crippen molar-refractivity contribution in [2.75, 3.05) is 18.4 Å². The van der Waals surface area contributed by atoms with Crippen molar-refractivity contribution < 1.29 is 17.9 Å². The maximum Gasteiger partial charge on any atom is 0.261 e. The van der Waals surface area contributed by atoms with Gasteiger partial charge in [-0.1, -0.05) is 12.1 Å². The van der Waals surface area contributed by atoms with E-state index >= 15 is 0 Å². The molecule has 6 nitrogen and oxygen atoms in total. The Bertz CT molecular complexity index is 1030. The third-order valence-electron chi connectivity index (χ3n) is 3.99. The molecule has 0 aliphatic carbocycles. The summed E-state index contributed by atoms with van der Waals surface area (Å²) in [6, 6.07) is 16.5. The van der Waals surface area contributed by atoms with Gasteiger partial charge in [0.25, 0.3) is 15.9 Å². The Morgan fingerprint density at radius 1 is 1.07 bits per heavy atom. The van der Waals surface area contributed by atoms with Gasteiger partial charge in [-0.3, -0.25) is 9.52 Å². The predicted molar refractivity (Wildman–Crippen MR) is 111 cm³/mol. The Kier molecular flexibility index (Phi) is 6.33. The molecule has 3 aromatic rings. The summed E-state index contributed by atoms with van der Waals surface area (Å²) in [6.45, 7) is 0.487. The van der Waals surface area contributed by atoms with Crippen molar-refractivity contribution in [1.29, 1.82) is 0 Å². The Balaban J connectivity index is 1.67. The predicted octanol–water partition coefficient (Wildman–Crippen LogP) is 3.53. The second-order valence-corrected chi connectivity index (χ2v) is 8.66. The number of sulfonamides is 1. The van der Waals surface area contributed by atoms with E-state index in [1.807, 2.05) is 17.5 Å². The first-order chi connectivity index (χ1) is 13.5. The number of rotatable bonds is 8. The number of hydrogen-bond acceptors (Lipinski definition) is 5. The van der Waals surface area contributed by atoms with Crippen LogP contribution in [0, 0.1) is 0 Å². The topological polar surface area (TPSA) is 84.5 Å². The molecule has 2 N–H and O–H groups in total. The van der Waals surface area contributed by atoms with Crippen LogP contribution in [0.3, 0.4) is 0 Å². The standard InChI is InChI=1S/C20H20N2O4S2/c1-26-17-9-7-16(8-10-17)22-28(24,25)19-6-2-4-15(14-19)20(23)21-12-11-18-5-3-13-27-18/h2-10,13-14,22H,11-12H2,1H3,(H,21,23). The number of benzene rings is 2. The fraction of sp³-hybridized carbons (Fsp3) is 0.150. The fourth-order valence-corrected chi connectivity index (χ4v) is 4.35. The second kappa shape index (κ2) is 8.90. The molecule has 146 valence electrons. The highest BCUT2D eigenvalue weighted by Crippen LogP contribution is 2.20. The summed E-state index contributed by atoms with van der Waals surface area (Å²) in [5.74, 6) is 0.321. The van der Waals surface area contributed by atoms with E-state index in [-0.39, 0.29) is 10.8 Å². The Morgan fingerprint density at radius 3 is 2.54 bits per heavy atom. The van der Waals surface area contributed by atoms with Crippen LogP contribution in [0.1, 0.15) is 15.2 Å². The van der Waals surface area contributed by atoms with E-state index in [1.54, 1.807) is 47.7 Å². The van der Waals surface area contributed by atoms with Crippen LogP contribution in [0.25, 0.3) is 0 Å². The molecular formula is C20H20N2O4S2. The zero-order valence-corrected chi connectivity index (χ0v) is 16.8. The van der Waals surface area contributed by atoms with Crippen molar-refractivity contribution in [3.63, 3.8) is 0 Å². The minimum atomic E-state index is -3.81. The van der Waals surface area contributed by atoms with Gasteiger partial charge in [-0.2, -0.15) is 0 Å². The molecule has 0 spiro atoms. The summed E-state index contributed by atoms with van der Waals surface area (Å²) < 4.78 is 32.8. The molecule has 1 heterocycles. The van der Waals surface area contributed by atoms with Gasteiger partial charge in [0, 0.05) is 22.7 Å². The van der Waals surface area contributed by atoms with Gasteiger partial charge in [-0.05, 0) is 60.3 Å². The van der Waals surface area contributed by atoms with Gasteiger partial charge < -0.3 is 10.1 Å². The van der Waals surface area contributed by atoms with E-state index in [1.165, 1.54) is 24.1 Å². The number of anilines is 1. The first kappa shape index (κ1) is 19.9. The van der Waals surface area contributed by atoms with Gasteiger partial charge in [0.2, 0.25) is 0 Å². The highest BCUT2D eigenvalue weighted by Gasteiger charge is 2.16. The molecule has 1 aromatic heterocycles. The van der Waals surface area contributed by atoms with Crippen molar-refractivity contribution >= 4 is 33.0 Å². The van der Waals surface area contributed by atoms with E-state index in [0.29, 0.717) is 23.5 Å². The minimum Gasteiger partial charge on any atom is -0.497 e. The maximum atomic E-state index is 12.6. The summed E-state index contributed by atoms with van der Waals surface area (Å²) >= 11 is 1.63. The number of amides is 1. The van der Waals surface area contributed by atoms with E-state index < -0.39 is 10.0 Å². The van der Waals surface area contributed by atoms with Crippen molar-refractivity contribution in [3.8, 4) is 5.75 Å². The van der Waals surface area contributed by atoms with Gasteiger partial charge in [-0.25, -0.2) is 8.42 Å². The van der Waals surface area contributed by atoms with Crippen LogP contribution in [0.2, 0.25) is 0 Å². The number of carbonyl (C=O) groups is 1. The molecular weight excluding hydrogens is 396 g/mol. The Morgan fingerprint density at radius 2 is 1.86 bits per heavy atom. The number of nitrogens with one attached hydrogen (secondary N) is 2. The van der Waals surface area contributed by atoms with Crippen LogP contribution in [0.4, 0.5) is 5.69 Å². The number of hydrogen-bond donors (Lipinski definition) is 2. The summed E-state index contributed by atoms with van der Waals surface area (Å²) in [5, 5.41) is 4.80. The van der Waals surface area contributed by atoms with E-state index in [9.17, 15) is 13.2 Å². The number of ether oxygens (including phenoxy) is 1. The highest BCUT2D eigenvalue weighted by molar-refractivity contribution is 7.92. The minimum absolute atomic E-state index is 0.0224. The smallest absolute Gasteiger partial charge is 0.261 e. The quantitative estimate of drug-likeness (QED) is 0.588. The normalized spacial score (nSPS) is 11.0. The summed E-state index contributed by atoms with van der Waals surface area (Å²) in [6.07, 6.45) is 0.737. The van der Waals surface area contributed by atoms with E-state index in [4.69, 9.17) is 4.74 Å². The summed E-state index contributed by atoms with van der Waals surface area (Å²) in [5.41, 5.74) is 0.704. The monoisotopic (exact) mass is 416 g/mol. The van der Waals surface area contributed by atoms with Crippen molar-refractivity contribution in [2.24, 2.45) is 0 Å². The third kappa shape index (κ3) is 5.11. The molecule has 8 heteroatoms. The molecule has 0 aliphatic rings. The molecule has 0 saturated heterocycles.